The molecule has 0 aliphatic heterocycles. The molecule has 0 aromatic heterocycles. The standard InChI is InChI=1S/C17H27NO/c1-3-15-7-9-17(13-18,10-8-15)19-12-16-6-4-5-14(2)11-16/h4-6,11,15H,3,7-10,12-13,18H2,1-2H3. The first kappa shape index (κ1) is 14.5. The van der Waals surface area contributed by atoms with Crippen LogP contribution < -0.4 is 5.73 Å². The first-order valence-electron chi connectivity index (χ1n) is 7.57. The van der Waals surface area contributed by atoms with Crippen LogP contribution in [0.3, 0.4) is 0 Å². The largest absolute Gasteiger partial charge is 0.369 e. The number of ether oxygens (including phenoxy) is 1. The Hall–Kier alpha value is -0.860. The van der Waals surface area contributed by atoms with Crippen molar-refractivity contribution in [3.05, 3.63) is 35.4 Å². The van der Waals surface area contributed by atoms with Gasteiger partial charge in [0.25, 0.3) is 0 Å². The van der Waals surface area contributed by atoms with Crippen LogP contribution in [0.15, 0.2) is 24.3 Å². The maximum absolute atomic E-state index is 6.23. The monoisotopic (exact) mass is 261 g/mol. The SMILES string of the molecule is CCC1CCC(CN)(OCc2cccc(C)c2)CC1. The van der Waals surface area contributed by atoms with Crippen LogP contribution in [-0.2, 0) is 11.3 Å². The third kappa shape index (κ3) is 3.80. The van der Waals surface area contributed by atoms with Crippen LogP contribution in [0.25, 0.3) is 0 Å². The van der Waals surface area contributed by atoms with E-state index in [0.717, 1.165) is 18.8 Å². The van der Waals surface area contributed by atoms with Gasteiger partial charge in [-0.2, -0.15) is 0 Å². The molecule has 0 unspecified atom stereocenters. The van der Waals surface area contributed by atoms with E-state index in [1.807, 2.05) is 0 Å². The van der Waals surface area contributed by atoms with Crippen molar-refractivity contribution in [2.75, 3.05) is 6.54 Å². The van der Waals surface area contributed by atoms with Crippen molar-refractivity contribution in [2.24, 2.45) is 11.7 Å². The molecule has 2 rings (SSSR count). The third-order valence-corrected chi connectivity index (χ3v) is 4.59. The zero-order chi connectivity index (χ0) is 13.7. The zero-order valence-corrected chi connectivity index (χ0v) is 12.3. The predicted octanol–water partition coefficient (Wildman–Crippen LogP) is 3.81. The van der Waals surface area contributed by atoms with E-state index >= 15 is 0 Å². The van der Waals surface area contributed by atoms with E-state index in [0.29, 0.717) is 13.2 Å². The minimum Gasteiger partial charge on any atom is -0.369 e. The van der Waals surface area contributed by atoms with Crippen molar-refractivity contribution in [2.45, 2.75) is 58.2 Å². The molecule has 1 aliphatic carbocycles. The highest BCUT2D eigenvalue weighted by Crippen LogP contribution is 2.36. The maximum atomic E-state index is 6.23. The normalized spacial score (nSPS) is 27.4. The Morgan fingerprint density at radius 2 is 2.05 bits per heavy atom. The number of aryl methyl sites for hydroxylation is 1. The highest BCUT2D eigenvalue weighted by Gasteiger charge is 2.34. The van der Waals surface area contributed by atoms with Crippen LogP contribution in [0.5, 0.6) is 0 Å². The third-order valence-electron chi connectivity index (χ3n) is 4.59. The van der Waals surface area contributed by atoms with Crippen LogP contribution in [0, 0.1) is 12.8 Å². The van der Waals surface area contributed by atoms with E-state index in [9.17, 15) is 0 Å². The van der Waals surface area contributed by atoms with Gasteiger partial charge in [-0.05, 0) is 44.1 Å². The molecule has 1 saturated carbocycles. The van der Waals surface area contributed by atoms with Gasteiger partial charge in [0.1, 0.15) is 0 Å². The van der Waals surface area contributed by atoms with Crippen molar-refractivity contribution in [3.8, 4) is 0 Å². The Bertz CT molecular complexity index is 394. The Morgan fingerprint density at radius 1 is 1.32 bits per heavy atom. The molecule has 106 valence electrons. The van der Waals surface area contributed by atoms with E-state index < -0.39 is 0 Å². The van der Waals surface area contributed by atoms with Crippen LogP contribution >= 0.6 is 0 Å². The minimum absolute atomic E-state index is 0.0740. The number of hydrogen-bond donors (Lipinski definition) is 1. The van der Waals surface area contributed by atoms with Gasteiger partial charge >= 0.3 is 0 Å². The second kappa shape index (κ2) is 6.53. The molecular weight excluding hydrogens is 234 g/mol. The summed E-state index contributed by atoms with van der Waals surface area (Å²) in [4.78, 5) is 0. The summed E-state index contributed by atoms with van der Waals surface area (Å²) in [5, 5.41) is 0. The van der Waals surface area contributed by atoms with Gasteiger partial charge < -0.3 is 10.5 Å². The summed E-state index contributed by atoms with van der Waals surface area (Å²) in [6.45, 7) is 5.74. The fourth-order valence-electron chi connectivity index (χ4n) is 3.06. The topological polar surface area (TPSA) is 35.2 Å². The van der Waals surface area contributed by atoms with Gasteiger partial charge in [-0.3, -0.25) is 0 Å². The summed E-state index contributed by atoms with van der Waals surface area (Å²) in [5.41, 5.74) is 8.46. The zero-order valence-electron chi connectivity index (χ0n) is 12.3. The van der Waals surface area contributed by atoms with Crippen molar-refractivity contribution in [1.29, 1.82) is 0 Å². The van der Waals surface area contributed by atoms with Crippen LogP contribution in [-0.4, -0.2) is 12.1 Å². The van der Waals surface area contributed by atoms with Crippen molar-refractivity contribution < 1.29 is 4.74 Å². The smallest absolute Gasteiger partial charge is 0.0808 e. The maximum Gasteiger partial charge on any atom is 0.0808 e. The van der Waals surface area contributed by atoms with Gasteiger partial charge in [-0.25, -0.2) is 0 Å². The highest BCUT2D eigenvalue weighted by molar-refractivity contribution is 5.21. The van der Waals surface area contributed by atoms with E-state index in [1.54, 1.807) is 0 Å². The second-order valence-corrected chi connectivity index (χ2v) is 6.02. The number of hydrogen-bond acceptors (Lipinski definition) is 2. The molecule has 1 aromatic carbocycles. The van der Waals surface area contributed by atoms with E-state index in [1.165, 1.54) is 30.4 Å². The second-order valence-electron chi connectivity index (χ2n) is 6.02. The number of rotatable bonds is 5. The molecule has 0 amide bonds. The minimum atomic E-state index is -0.0740. The Balaban J connectivity index is 1.92. The lowest BCUT2D eigenvalue weighted by Gasteiger charge is -2.39. The molecule has 2 nitrogen and oxygen atoms in total. The number of nitrogens with two attached hydrogens (primary N) is 1. The summed E-state index contributed by atoms with van der Waals surface area (Å²) in [7, 11) is 0. The molecule has 19 heavy (non-hydrogen) atoms. The van der Waals surface area contributed by atoms with Crippen LogP contribution in [0.4, 0.5) is 0 Å². The molecule has 1 aliphatic rings. The Labute approximate surface area is 117 Å². The summed E-state index contributed by atoms with van der Waals surface area (Å²) in [6.07, 6.45) is 6.06. The molecule has 2 heteroatoms. The van der Waals surface area contributed by atoms with Gasteiger partial charge in [0.2, 0.25) is 0 Å². The van der Waals surface area contributed by atoms with E-state index in [4.69, 9.17) is 10.5 Å². The lowest BCUT2D eigenvalue weighted by Crippen LogP contribution is -2.43. The molecular formula is C17H27NO. The fraction of sp³-hybridized carbons (Fsp3) is 0.647. The molecule has 1 aromatic rings. The molecule has 0 bridgehead atoms. The van der Waals surface area contributed by atoms with Crippen LogP contribution in [0.1, 0.15) is 50.2 Å². The van der Waals surface area contributed by atoms with Gasteiger partial charge in [0.15, 0.2) is 0 Å². The summed E-state index contributed by atoms with van der Waals surface area (Å²) in [6, 6.07) is 8.54. The predicted molar refractivity (Wildman–Crippen MR) is 80.0 cm³/mol. The molecule has 0 radical (unpaired) electrons. The highest BCUT2D eigenvalue weighted by atomic mass is 16.5. The van der Waals surface area contributed by atoms with Crippen LogP contribution in [0.2, 0.25) is 0 Å². The van der Waals surface area contributed by atoms with E-state index in [-0.39, 0.29) is 5.60 Å². The molecule has 1 fully saturated rings. The van der Waals surface area contributed by atoms with E-state index in [2.05, 4.69) is 38.1 Å². The lowest BCUT2D eigenvalue weighted by atomic mass is 9.77. The van der Waals surface area contributed by atoms with Gasteiger partial charge in [-0.1, -0.05) is 43.2 Å². The molecule has 0 saturated heterocycles. The molecule has 0 atom stereocenters. The Morgan fingerprint density at radius 3 is 2.63 bits per heavy atom. The lowest BCUT2D eigenvalue weighted by molar-refractivity contribution is -0.0813. The van der Waals surface area contributed by atoms with Gasteiger partial charge in [0.05, 0.1) is 12.2 Å². The molecule has 0 heterocycles. The van der Waals surface area contributed by atoms with Crippen molar-refractivity contribution in [1.82, 2.24) is 0 Å². The molecule has 0 spiro atoms. The first-order chi connectivity index (χ1) is 9.17. The first-order valence-corrected chi connectivity index (χ1v) is 7.57. The van der Waals surface area contributed by atoms with Gasteiger partial charge in [-0.15, -0.1) is 0 Å². The summed E-state index contributed by atoms with van der Waals surface area (Å²) >= 11 is 0. The van der Waals surface area contributed by atoms with Crippen molar-refractivity contribution in [3.63, 3.8) is 0 Å². The Kier molecular flexibility index (Phi) is 5.00. The average molecular weight is 261 g/mol. The summed E-state index contributed by atoms with van der Waals surface area (Å²) < 4.78 is 6.23. The quantitative estimate of drug-likeness (QED) is 0.874. The molecule has 2 N–H and O–H groups in total. The average Bonchev–Trinajstić information content (AvgIpc) is 2.46. The summed E-state index contributed by atoms with van der Waals surface area (Å²) in [5.74, 6) is 0.877. The number of benzene rings is 1. The van der Waals surface area contributed by atoms with Crippen molar-refractivity contribution >= 4 is 0 Å². The van der Waals surface area contributed by atoms with Gasteiger partial charge in [0, 0.05) is 6.54 Å². The fourth-order valence-corrected chi connectivity index (χ4v) is 3.06.